The van der Waals surface area contributed by atoms with E-state index in [0.29, 0.717) is 5.08 Å². The zero-order chi connectivity index (χ0) is 10.9. The Labute approximate surface area is 114 Å². The second-order valence-electron chi connectivity index (χ2n) is 2.31. The van der Waals surface area contributed by atoms with Gasteiger partial charge in [0, 0.05) is 7.67 Å². The maximum absolute atomic E-state index is 5.97. The molecule has 0 N–H and O–H groups in total. The number of hydrogen-bond acceptors (Lipinski definition) is 0. The monoisotopic (exact) mass is 384 g/mol. The summed E-state index contributed by atoms with van der Waals surface area (Å²) in [5, 5.41) is 0.447. The molecule has 0 radical (unpaired) electrons. The lowest BCUT2D eigenvalue weighted by Crippen LogP contribution is -1.98. The van der Waals surface area contributed by atoms with Crippen LogP contribution in [0, 0.1) is 0 Å². The molecule has 0 bridgehead atoms. The molecule has 0 nitrogen and oxygen atoms in total. The van der Waals surface area contributed by atoms with Gasteiger partial charge in [-0.3, -0.25) is 0 Å². The van der Waals surface area contributed by atoms with E-state index >= 15 is 0 Å². The van der Waals surface area contributed by atoms with Gasteiger partial charge in [-0.15, -0.1) is 0 Å². The third-order valence-electron chi connectivity index (χ3n) is 0.685. The minimum absolute atomic E-state index is 0.149. The smallest absolute Gasteiger partial charge is 0.0727 e. The molecular weight excluding hydrogens is 380 g/mol. The zero-order valence-corrected chi connectivity index (χ0v) is 14.0. The first kappa shape index (κ1) is 16.1. The van der Waals surface area contributed by atoms with Crippen molar-refractivity contribution in [3.8, 4) is 0 Å². The summed E-state index contributed by atoms with van der Waals surface area (Å²) in [6.07, 6.45) is 1.68. The third-order valence-corrected chi connectivity index (χ3v) is 13.4. The highest BCUT2D eigenvalue weighted by molar-refractivity contribution is 8.88. The van der Waals surface area contributed by atoms with Crippen LogP contribution in [0.2, 0.25) is 0 Å². The van der Waals surface area contributed by atoms with Crippen LogP contribution in [0.1, 0.15) is 0 Å². The number of halogens is 7. The number of hydrogen-bond donors (Lipinski definition) is 0. The van der Waals surface area contributed by atoms with Crippen molar-refractivity contribution < 1.29 is 0 Å². The molecular formula is C3H7Cl7S3. The van der Waals surface area contributed by atoms with Gasteiger partial charge in [0.15, 0.2) is 0 Å². The van der Waals surface area contributed by atoms with Gasteiger partial charge in [-0.1, -0.05) is 38.3 Å². The van der Waals surface area contributed by atoms with E-state index in [1.807, 2.05) is 0 Å². The summed E-state index contributed by atoms with van der Waals surface area (Å²) in [6.45, 7) is 0. The summed E-state index contributed by atoms with van der Waals surface area (Å²) in [5.41, 5.74) is 0. The van der Waals surface area contributed by atoms with Crippen LogP contribution >= 0.6 is 99.4 Å². The maximum Gasteiger partial charge on any atom is 0.0727 e. The molecule has 0 aromatic heterocycles. The molecule has 0 aliphatic rings. The summed E-state index contributed by atoms with van der Waals surface area (Å²) in [6, 6.07) is 0. The van der Waals surface area contributed by atoms with Crippen LogP contribution in [-0.4, -0.2) is 16.4 Å². The maximum atomic E-state index is 5.97. The van der Waals surface area contributed by atoms with Crippen LogP contribution in [0.3, 0.4) is 0 Å². The molecule has 13 heavy (non-hydrogen) atoms. The molecule has 0 aromatic rings. The molecule has 0 fully saturated rings. The van der Waals surface area contributed by atoms with E-state index in [0.717, 1.165) is 0 Å². The van der Waals surface area contributed by atoms with Crippen molar-refractivity contribution in [2.45, 2.75) is 0 Å². The molecule has 0 saturated carbocycles. The highest BCUT2D eigenvalue weighted by Crippen LogP contribution is 2.79. The average Bonchev–Trinajstić information content (AvgIpc) is 1.43. The topological polar surface area (TPSA) is 0 Å². The lowest BCUT2D eigenvalue weighted by molar-refractivity contribution is 2.10. The number of rotatable bonds is 4. The van der Waals surface area contributed by atoms with Gasteiger partial charge in [-0.05, 0) is 59.7 Å². The highest BCUT2D eigenvalue weighted by Gasteiger charge is 2.32. The van der Waals surface area contributed by atoms with E-state index in [2.05, 4.69) is 0 Å². The van der Waals surface area contributed by atoms with Gasteiger partial charge >= 0.3 is 0 Å². The van der Waals surface area contributed by atoms with E-state index in [4.69, 9.17) is 74.8 Å². The molecule has 0 amide bonds. The van der Waals surface area contributed by atoms with Gasteiger partial charge in [-0.25, -0.2) is 0 Å². The Balaban J connectivity index is 4.25. The van der Waals surface area contributed by atoms with Crippen LogP contribution in [0.4, 0.5) is 0 Å². The summed E-state index contributed by atoms with van der Waals surface area (Å²) in [7, 11) is 34.4. The van der Waals surface area contributed by atoms with Crippen molar-refractivity contribution >= 4 is 99.4 Å². The van der Waals surface area contributed by atoms with Crippen molar-refractivity contribution in [3.63, 3.8) is 0 Å². The van der Waals surface area contributed by atoms with Gasteiger partial charge < -0.3 is 0 Å². The van der Waals surface area contributed by atoms with Crippen LogP contribution in [-0.2, 0) is 0 Å². The fourth-order valence-electron chi connectivity index (χ4n) is 0.532. The molecule has 0 saturated heterocycles. The van der Waals surface area contributed by atoms with Crippen molar-refractivity contribution in [1.82, 2.24) is 0 Å². The molecule has 0 aromatic carbocycles. The first-order valence-corrected chi connectivity index (χ1v) is 14.4. The Morgan fingerprint density at radius 3 is 1.38 bits per heavy atom. The molecule has 0 heterocycles. The first-order valence-electron chi connectivity index (χ1n) is 2.64. The van der Waals surface area contributed by atoms with Crippen LogP contribution in [0.25, 0.3) is 0 Å². The standard InChI is InChI=1S/C3H7Cl7S3/c1-11(4,5)2-12(6,7)3-13(8,9)10/h2-3H2,1H3. The van der Waals surface area contributed by atoms with Crippen molar-refractivity contribution in [3.05, 3.63) is 0 Å². The fraction of sp³-hybridized carbons (Fsp3) is 1.00. The van der Waals surface area contributed by atoms with Gasteiger partial charge in [-0.2, -0.15) is 0 Å². The molecule has 0 spiro atoms. The van der Waals surface area contributed by atoms with Crippen LogP contribution in [0.15, 0.2) is 0 Å². The molecule has 10 heteroatoms. The van der Waals surface area contributed by atoms with Crippen molar-refractivity contribution in [2.75, 3.05) is 16.4 Å². The van der Waals surface area contributed by atoms with Crippen LogP contribution in [0.5, 0.6) is 0 Å². The Kier molecular flexibility index (Phi) is 6.94. The molecule has 0 unspecified atom stereocenters. The molecule has 0 rings (SSSR count). The summed E-state index contributed by atoms with van der Waals surface area (Å²) in [5.74, 6) is 0. The molecule has 0 aliphatic heterocycles. The molecule has 86 valence electrons. The fourth-order valence-corrected chi connectivity index (χ4v) is 22.0. The van der Waals surface area contributed by atoms with E-state index in [-0.39, 0.29) is 5.08 Å². The lowest BCUT2D eigenvalue weighted by Gasteiger charge is -2.34. The summed E-state index contributed by atoms with van der Waals surface area (Å²) >= 11 is 0. The Hall–Kier alpha value is 3.08. The zero-order valence-electron chi connectivity index (χ0n) is 6.28. The molecule has 0 atom stereocenters. The summed E-state index contributed by atoms with van der Waals surface area (Å²) < 4.78 is 0. The largest absolute Gasteiger partial charge is 0.0771 e. The van der Waals surface area contributed by atoms with Crippen LogP contribution < -0.4 is 0 Å². The predicted molar refractivity (Wildman–Crippen MR) is 79.4 cm³/mol. The Morgan fingerprint density at radius 2 is 1.15 bits per heavy atom. The van der Waals surface area contributed by atoms with E-state index < -0.39 is 24.6 Å². The predicted octanol–water partition coefficient (Wildman–Crippen LogP) is 7.02. The quantitative estimate of drug-likeness (QED) is 0.486. The SMILES string of the molecule is CS(Cl)(Cl)CS(Cl)(Cl)CS(Cl)(Cl)Cl. The lowest BCUT2D eigenvalue weighted by atomic mass is 11.9. The minimum Gasteiger partial charge on any atom is -0.0771 e. The Morgan fingerprint density at radius 1 is 0.769 bits per heavy atom. The van der Waals surface area contributed by atoms with E-state index in [1.165, 1.54) is 0 Å². The third kappa shape index (κ3) is 11.3. The molecule has 0 aliphatic carbocycles. The highest BCUT2D eigenvalue weighted by atomic mass is 36.2. The van der Waals surface area contributed by atoms with Gasteiger partial charge in [0.1, 0.15) is 0 Å². The van der Waals surface area contributed by atoms with E-state index in [1.54, 1.807) is 6.26 Å². The van der Waals surface area contributed by atoms with Gasteiger partial charge in [0.05, 0.1) is 10.2 Å². The minimum atomic E-state index is -2.27. The van der Waals surface area contributed by atoms with Gasteiger partial charge in [0.25, 0.3) is 0 Å². The second kappa shape index (κ2) is 5.61. The first-order chi connectivity index (χ1) is 5.41. The normalized spacial score (nSPS) is 18.5. The second-order valence-corrected chi connectivity index (χ2v) is 23.1. The average molecular weight is 387 g/mol. The van der Waals surface area contributed by atoms with Crippen molar-refractivity contribution in [1.29, 1.82) is 0 Å². The van der Waals surface area contributed by atoms with E-state index in [9.17, 15) is 0 Å². The van der Waals surface area contributed by atoms with Crippen molar-refractivity contribution in [2.24, 2.45) is 0 Å². The summed E-state index contributed by atoms with van der Waals surface area (Å²) in [4.78, 5) is 0. The van der Waals surface area contributed by atoms with Gasteiger partial charge in [0.2, 0.25) is 0 Å². The Bertz CT molecular complexity index is 151.